The predicted molar refractivity (Wildman–Crippen MR) is 59.5 cm³/mol. The predicted octanol–water partition coefficient (Wildman–Crippen LogP) is 2.86. The zero-order valence-corrected chi connectivity index (χ0v) is 8.65. The van der Waals surface area contributed by atoms with Gasteiger partial charge in [0.2, 0.25) is 0 Å². The minimum Gasteiger partial charge on any atom is -0.384 e. The van der Waals surface area contributed by atoms with Crippen molar-refractivity contribution < 1.29 is 0 Å². The second kappa shape index (κ2) is 4.75. The van der Waals surface area contributed by atoms with Crippen molar-refractivity contribution in [2.45, 2.75) is 20.8 Å². The van der Waals surface area contributed by atoms with Crippen molar-refractivity contribution in [3.63, 3.8) is 0 Å². The summed E-state index contributed by atoms with van der Waals surface area (Å²) in [6.45, 7) is 8.24. The molecule has 2 heteroatoms. The van der Waals surface area contributed by atoms with Crippen molar-refractivity contribution in [1.82, 2.24) is 0 Å². The maximum atomic E-state index is 3.34. The van der Waals surface area contributed by atoms with Gasteiger partial charge in [0.25, 0.3) is 0 Å². The molecule has 13 heavy (non-hydrogen) atoms. The van der Waals surface area contributed by atoms with Gasteiger partial charge in [-0.25, -0.2) is 0 Å². The smallest absolute Gasteiger partial charge is 0.0578 e. The fourth-order valence-corrected chi connectivity index (χ4v) is 1.34. The van der Waals surface area contributed by atoms with E-state index in [1.807, 2.05) is 0 Å². The molecule has 0 saturated carbocycles. The number of hydrogen-bond acceptors (Lipinski definition) is 2. The highest BCUT2D eigenvalue weighted by Crippen LogP contribution is 2.22. The summed E-state index contributed by atoms with van der Waals surface area (Å²) < 4.78 is 0. The van der Waals surface area contributed by atoms with Crippen molar-refractivity contribution in [3.05, 3.63) is 23.8 Å². The van der Waals surface area contributed by atoms with Gasteiger partial charge in [-0.3, -0.25) is 0 Å². The van der Waals surface area contributed by atoms with Crippen molar-refractivity contribution in [2.24, 2.45) is 0 Å². The van der Waals surface area contributed by atoms with E-state index in [4.69, 9.17) is 0 Å². The lowest BCUT2D eigenvalue weighted by Gasteiger charge is -2.12. The Labute approximate surface area is 80.4 Å². The van der Waals surface area contributed by atoms with Gasteiger partial charge in [0, 0.05) is 13.1 Å². The first kappa shape index (κ1) is 9.90. The highest BCUT2D eigenvalue weighted by atomic mass is 14.9. The molecule has 72 valence electrons. The van der Waals surface area contributed by atoms with Gasteiger partial charge in [0.05, 0.1) is 11.4 Å². The Morgan fingerprint density at radius 3 is 2.23 bits per heavy atom. The lowest BCUT2D eigenvalue weighted by atomic mass is 10.2. The summed E-state index contributed by atoms with van der Waals surface area (Å²) in [6.07, 6.45) is 0. The molecule has 0 aliphatic heterocycles. The third-order valence-corrected chi connectivity index (χ3v) is 1.91. The van der Waals surface area contributed by atoms with Crippen LogP contribution in [-0.2, 0) is 0 Å². The second-order valence-corrected chi connectivity index (χ2v) is 3.11. The summed E-state index contributed by atoms with van der Waals surface area (Å²) in [7, 11) is 0. The zero-order valence-electron chi connectivity index (χ0n) is 8.65. The van der Waals surface area contributed by atoms with Crippen LogP contribution < -0.4 is 10.6 Å². The molecule has 0 amide bonds. The first-order valence-electron chi connectivity index (χ1n) is 4.86. The van der Waals surface area contributed by atoms with E-state index in [1.165, 1.54) is 16.9 Å². The molecule has 0 aliphatic carbocycles. The number of benzene rings is 1. The van der Waals surface area contributed by atoms with Crippen molar-refractivity contribution in [2.75, 3.05) is 23.7 Å². The Morgan fingerprint density at radius 1 is 1.00 bits per heavy atom. The molecule has 1 rings (SSSR count). The van der Waals surface area contributed by atoms with E-state index in [0.717, 1.165) is 13.1 Å². The van der Waals surface area contributed by atoms with E-state index < -0.39 is 0 Å². The summed E-state index contributed by atoms with van der Waals surface area (Å²) in [6, 6.07) is 6.41. The highest BCUT2D eigenvalue weighted by molar-refractivity contribution is 5.69. The van der Waals surface area contributed by atoms with Crippen LogP contribution in [0.1, 0.15) is 19.4 Å². The van der Waals surface area contributed by atoms with Crippen molar-refractivity contribution >= 4 is 11.4 Å². The van der Waals surface area contributed by atoms with Gasteiger partial charge in [-0.05, 0) is 38.5 Å². The third-order valence-electron chi connectivity index (χ3n) is 1.91. The standard InChI is InChI=1S/C11H18N2/c1-4-12-10-7-6-9(3)8-11(10)13-5-2/h6-8,12-13H,4-5H2,1-3H3. The van der Waals surface area contributed by atoms with Crippen LogP contribution in [-0.4, -0.2) is 13.1 Å². The first-order valence-corrected chi connectivity index (χ1v) is 4.86. The third kappa shape index (κ3) is 2.65. The molecule has 0 heterocycles. The highest BCUT2D eigenvalue weighted by Gasteiger charge is 1.99. The van der Waals surface area contributed by atoms with Crippen molar-refractivity contribution in [1.29, 1.82) is 0 Å². The van der Waals surface area contributed by atoms with Crippen LogP contribution in [0.3, 0.4) is 0 Å². The van der Waals surface area contributed by atoms with Crippen LogP contribution in [0, 0.1) is 6.92 Å². The molecule has 1 aromatic carbocycles. The average molecular weight is 178 g/mol. The summed E-state index contributed by atoms with van der Waals surface area (Å²) in [5.41, 5.74) is 3.68. The van der Waals surface area contributed by atoms with Crippen LogP contribution in [0.4, 0.5) is 11.4 Å². The Bertz CT molecular complexity index is 269. The van der Waals surface area contributed by atoms with E-state index in [2.05, 4.69) is 49.6 Å². The van der Waals surface area contributed by atoms with Crippen LogP contribution >= 0.6 is 0 Å². The van der Waals surface area contributed by atoms with Gasteiger partial charge < -0.3 is 10.6 Å². The molecular formula is C11H18N2. The molecule has 1 aromatic rings. The van der Waals surface area contributed by atoms with Gasteiger partial charge in [-0.2, -0.15) is 0 Å². The molecule has 0 aromatic heterocycles. The topological polar surface area (TPSA) is 24.1 Å². The number of rotatable bonds is 4. The molecule has 2 N–H and O–H groups in total. The summed E-state index contributed by atoms with van der Waals surface area (Å²) in [5.74, 6) is 0. The number of aryl methyl sites for hydroxylation is 1. The Hall–Kier alpha value is -1.18. The number of nitrogens with one attached hydrogen (secondary N) is 2. The fraction of sp³-hybridized carbons (Fsp3) is 0.455. The lowest BCUT2D eigenvalue weighted by Crippen LogP contribution is -2.04. The van der Waals surface area contributed by atoms with E-state index in [-0.39, 0.29) is 0 Å². The van der Waals surface area contributed by atoms with E-state index in [0.29, 0.717) is 0 Å². The van der Waals surface area contributed by atoms with E-state index in [1.54, 1.807) is 0 Å². The molecular weight excluding hydrogens is 160 g/mol. The lowest BCUT2D eigenvalue weighted by molar-refractivity contribution is 1.18. The molecule has 0 spiro atoms. The van der Waals surface area contributed by atoms with Crippen LogP contribution in [0.25, 0.3) is 0 Å². The number of hydrogen-bond donors (Lipinski definition) is 2. The average Bonchev–Trinajstić information content (AvgIpc) is 2.10. The monoisotopic (exact) mass is 178 g/mol. The maximum Gasteiger partial charge on any atom is 0.0578 e. The molecule has 0 fully saturated rings. The first-order chi connectivity index (χ1) is 6.27. The van der Waals surface area contributed by atoms with E-state index >= 15 is 0 Å². The minimum absolute atomic E-state index is 0.960. The largest absolute Gasteiger partial charge is 0.384 e. The van der Waals surface area contributed by atoms with E-state index in [9.17, 15) is 0 Å². The zero-order chi connectivity index (χ0) is 9.68. The molecule has 0 atom stereocenters. The quantitative estimate of drug-likeness (QED) is 0.740. The van der Waals surface area contributed by atoms with Crippen LogP contribution in [0.2, 0.25) is 0 Å². The van der Waals surface area contributed by atoms with Gasteiger partial charge in [0.1, 0.15) is 0 Å². The Balaban J connectivity index is 2.89. The molecule has 0 radical (unpaired) electrons. The van der Waals surface area contributed by atoms with Crippen LogP contribution in [0.15, 0.2) is 18.2 Å². The maximum absolute atomic E-state index is 3.34. The molecule has 2 nitrogen and oxygen atoms in total. The second-order valence-electron chi connectivity index (χ2n) is 3.11. The number of anilines is 2. The van der Waals surface area contributed by atoms with Crippen LogP contribution in [0.5, 0.6) is 0 Å². The summed E-state index contributed by atoms with van der Waals surface area (Å²) in [5, 5.41) is 6.66. The molecule has 0 bridgehead atoms. The summed E-state index contributed by atoms with van der Waals surface area (Å²) >= 11 is 0. The van der Waals surface area contributed by atoms with Crippen molar-refractivity contribution in [3.8, 4) is 0 Å². The van der Waals surface area contributed by atoms with Gasteiger partial charge in [0.15, 0.2) is 0 Å². The fourth-order valence-electron chi connectivity index (χ4n) is 1.34. The summed E-state index contributed by atoms with van der Waals surface area (Å²) in [4.78, 5) is 0. The van der Waals surface area contributed by atoms with Gasteiger partial charge in [-0.15, -0.1) is 0 Å². The Morgan fingerprint density at radius 2 is 1.62 bits per heavy atom. The van der Waals surface area contributed by atoms with Gasteiger partial charge in [-0.1, -0.05) is 6.07 Å². The SMILES string of the molecule is CCNc1ccc(C)cc1NCC. The normalized spacial score (nSPS) is 9.77. The minimum atomic E-state index is 0.960. The molecule has 0 aliphatic rings. The van der Waals surface area contributed by atoms with Gasteiger partial charge >= 0.3 is 0 Å². The Kier molecular flexibility index (Phi) is 3.62. The molecule has 0 saturated heterocycles. The molecule has 0 unspecified atom stereocenters.